The van der Waals surface area contributed by atoms with Crippen LogP contribution >= 0.6 is 23.1 Å². The number of carbonyl (C=O) groups is 1. The number of halogens is 1. The minimum Gasteiger partial charge on any atom is -0.342 e. The van der Waals surface area contributed by atoms with Crippen LogP contribution in [0, 0.1) is 0 Å². The van der Waals surface area contributed by atoms with Crippen LogP contribution < -0.4 is 10.9 Å². The van der Waals surface area contributed by atoms with Crippen molar-refractivity contribution in [2.75, 3.05) is 19.8 Å². The first-order valence-corrected chi connectivity index (χ1v) is 8.57. The molecule has 1 saturated heterocycles. The number of nitrogens with one attached hydrogen (secondary N) is 1. The van der Waals surface area contributed by atoms with Crippen LogP contribution in [-0.4, -0.2) is 34.5 Å². The van der Waals surface area contributed by atoms with Gasteiger partial charge in [-0.3, -0.25) is 18.4 Å². The molecule has 0 unspecified atom stereocenters. The lowest BCUT2D eigenvalue weighted by Gasteiger charge is -2.26. The molecular weight excluding hydrogens is 322 g/mol. The van der Waals surface area contributed by atoms with Gasteiger partial charge in [0.05, 0.1) is 16.8 Å². The maximum atomic E-state index is 12.2. The van der Waals surface area contributed by atoms with Crippen molar-refractivity contribution in [3.63, 3.8) is 0 Å². The number of nitrogens with zero attached hydrogens (tertiary/aromatic N) is 2. The first-order valence-electron chi connectivity index (χ1n) is 7.42. The standard InChI is InChI=1S/C15H18ClN3O2S/c16-11-4-5-13-12(8-11)15(21)19(22-13)9-14(20)17-10-18-6-2-1-3-7-18/h4-5,8H,1-3,6-7,9-10H2,(H,17,20). The van der Waals surface area contributed by atoms with Gasteiger partial charge in [0, 0.05) is 5.02 Å². The summed E-state index contributed by atoms with van der Waals surface area (Å²) in [5.74, 6) is -0.134. The quantitative estimate of drug-likeness (QED) is 0.929. The number of benzene rings is 1. The average molecular weight is 340 g/mol. The smallest absolute Gasteiger partial charge is 0.269 e. The highest BCUT2D eigenvalue weighted by molar-refractivity contribution is 7.13. The fourth-order valence-electron chi connectivity index (χ4n) is 2.65. The third-order valence-electron chi connectivity index (χ3n) is 3.84. The Labute approximate surface area is 137 Å². The Morgan fingerprint density at radius 1 is 1.27 bits per heavy atom. The second kappa shape index (κ2) is 6.81. The van der Waals surface area contributed by atoms with Gasteiger partial charge in [0.25, 0.3) is 5.56 Å². The van der Waals surface area contributed by atoms with E-state index in [0.29, 0.717) is 17.1 Å². The van der Waals surface area contributed by atoms with E-state index in [0.717, 1.165) is 17.8 Å². The Morgan fingerprint density at radius 2 is 2.05 bits per heavy atom. The molecule has 1 N–H and O–H groups in total. The van der Waals surface area contributed by atoms with E-state index in [1.165, 1.54) is 34.8 Å². The van der Waals surface area contributed by atoms with Crippen LogP contribution in [0.15, 0.2) is 23.0 Å². The number of piperidine rings is 1. The van der Waals surface area contributed by atoms with Crippen LogP contribution in [0.3, 0.4) is 0 Å². The Balaban J connectivity index is 1.63. The van der Waals surface area contributed by atoms with Crippen LogP contribution in [0.2, 0.25) is 5.02 Å². The Morgan fingerprint density at radius 3 is 2.82 bits per heavy atom. The number of hydrogen-bond donors (Lipinski definition) is 1. The Hall–Kier alpha value is -1.37. The van der Waals surface area contributed by atoms with Crippen LogP contribution in [0.5, 0.6) is 0 Å². The molecule has 1 aliphatic heterocycles. The predicted octanol–water partition coefficient (Wildman–Crippen LogP) is 2.28. The monoisotopic (exact) mass is 339 g/mol. The van der Waals surface area contributed by atoms with Crippen LogP contribution in [0.25, 0.3) is 10.1 Å². The molecule has 1 aromatic heterocycles. The first kappa shape index (κ1) is 15.5. The van der Waals surface area contributed by atoms with Gasteiger partial charge in [-0.2, -0.15) is 0 Å². The molecule has 0 spiro atoms. The summed E-state index contributed by atoms with van der Waals surface area (Å²) in [5, 5.41) is 3.99. The minimum absolute atomic E-state index is 0.0592. The van der Waals surface area contributed by atoms with E-state index in [-0.39, 0.29) is 18.0 Å². The lowest BCUT2D eigenvalue weighted by atomic mass is 10.1. The van der Waals surface area contributed by atoms with E-state index in [4.69, 9.17) is 11.6 Å². The van der Waals surface area contributed by atoms with Gasteiger partial charge in [0.1, 0.15) is 6.54 Å². The highest BCUT2D eigenvalue weighted by Gasteiger charge is 2.13. The zero-order valence-electron chi connectivity index (χ0n) is 12.2. The van der Waals surface area contributed by atoms with Crippen molar-refractivity contribution in [3.05, 3.63) is 33.6 Å². The second-order valence-electron chi connectivity index (χ2n) is 5.51. The average Bonchev–Trinajstić information content (AvgIpc) is 2.82. The van der Waals surface area contributed by atoms with Gasteiger partial charge < -0.3 is 5.32 Å². The van der Waals surface area contributed by atoms with Gasteiger partial charge in [-0.15, -0.1) is 0 Å². The molecule has 2 aromatic rings. The lowest BCUT2D eigenvalue weighted by Crippen LogP contribution is -2.41. The van der Waals surface area contributed by atoms with Gasteiger partial charge in [-0.05, 0) is 44.1 Å². The van der Waals surface area contributed by atoms with E-state index < -0.39 is 0 Å². The summed E-state index contributed by atoms with van der Waals surface area (Å²) < 4.78 is 2.32. The number of likely N-dealkylation sites (tertiary alicyclic amines) is 1. The Kier molecular flexibility index (Phi) is 4.81. The molecule has 0 bridgehead atoms. The van der Waals surface area contributed by atoms with Crippen LogP contribution in [0.1, 0.15) is 19.3 Å². The number of aromatic nitrogens is 1. The summed E-state index contributed by atoms with van der Waals surface area (Å²) in [4.78, 5) is 26.5. The molecule has 118 valence electrons. The van der Waals surface area contributed by atoms with E-state index in [1.54, 1.807) is 12.1 Å². The van der Waals surface area contributed by atoms with Crippen molar-refractivity contribution in [2.45, 2.75) is 25.8 Å². The largest absolute Gasteiger partial charge is 0.342 e. The molecule has 1 amide bonds. The van der Waals surface area contributed by atoms with Crippen molar-refractivity contribution in [3.8, 4) is 0 Å². The summed E-state index contributed by atoms with van der Waals surface area (Å²) in [6.07, 6.45) is 3.64. The summed E-state index contributed by atoms with van der Waals surface area (Å²) in [6, 6.07) is 5.21. The third kappa shape index (κ3) is 3.51. The molecule has 1 aliphatic rings. The van der Waals surface area contributed by atoms with Gasteiger partial charge in [-0.25, -0.2) is 0 Å². The highest BCUT2D eigenvalue weighted by atomic mass is 35.5. The number of hydrogen-bond acceptors (Lipinski definition) is 4. The van der Waals surface area contributed by atoms with E-state index >= 15 is 0 Å². The number of fused-ring (bicyclic) bond motifs is 1. The van der Waals surface area contributed by atoms with Crippen LogP contribution in [-0.2, 0) is 11.3 Å². The van der Waals surface area contributed by atoms with Crippen molar-refractivity contribution in [1.82, 2.24) is 14.2 Å². The number of carbonyl (C=O) groups excluding carboxylic acids is 1. The molecule has 0 radical (unpaired) electrons. The zero-order valence-corrected chi connectivity index (χ0v) is 13.8. The van der Waals surface area contributed by atoms with Crippen molar-refractivity contribution in [1.29, 1.82) is 0 Å². The lowest BCUT2D eigenvalue weighted by molar-refractivity contribution is -0.122. The van der Waals surface area contributed by atoms with E-state index in [9.17, 15) is 9.59 Å². The summed E-state index contributed by atoms with van der Waals surface area (Å²) in [5.41, 5.74) is -0.157. The van der Waals surface area contributed by atoms with Gasteiger partial charge in [-0.1, -0.05) is 29.6 Å². The second-order valence-corrected chi connectivity index (χ2v) is 7.01. The van der Waals surface area contributed by atoms with Gasteiger partial charge >= 0.3 is 0 Å². The fourth-order valence-corrected chi connectivity index (χ4v) is 3.80. The third-order valence-corrected chi connectivity index (χ3v) is 5.15. The van der Waals surface area contributed by atoms with E-state index in [1.807, 2.05) is 6.07 Å². The van der Waals surface area contributed by atoms with Crippen LogP contribution in [0.4, 0.5) is 0 Å². The summed E-state index contributed by atoms with van der Waals surface area (Å²) in [7, 11) is 0. The number of rotatable bonds is 4. The SMILES string of the molecule is O=C(Cn1sc2ccc(Cl)cc2c1=O)NCN1CCCCC1. The highest BCUT2D eigenvalue weighted by Crippen LogP contribution is 2.20. The molecule has 5 nitrogen and oxygen atoms in total. The van der Waals surface area contributed by atoms with Gasteiger partial charge in [0.2, 0.25) is 5.91 Å². The predicted molar refractivity (Wildman–Crippen MR) is 89.5 cm³/mol. The molecular formula is C15H18ClN3O2S. The molecule has 7 heteroatoms. The summed E-state index contributed by atoms with van der Waals surface area (Å²) >= 11 is 7.21. The Bertz CT molecular complexity index is 734. The molecule has 0 atom stereocenters. The molecule has 22 heavy (non-hydrogen) atoms. The van der Waals surface area contributed by atoms with Gasteiger partial charge in [0.15, 0.2) is 0 Å². The molecule has 1 aromatic carbocycles. The zero-order chi connectivity index (χ0) is 15.5. The maximum Gasteiger partial charge on any atom is 0.269 e. The molecule has 2 heterocycles. The normalized spacial score (nSPS) is 16.0. The topological polar surface area (TPSA) is 54.3 Å². The van der Waals surface area contributed by atoms with Crippen molar-refractivity contribution in [2.24, 2.45) is 0 Å². The maximum absolute atomic E-state index is 12.2. The molecule has 3 rings (SSSR count). The summed E-state index contributed by atoms with van der Waals surface area (Å²) in [6.45, 7) is 2.68. The minimum atomic E-state index is -0.157. The van der Waals surface area contributed by atoms with Crippen molar-refractivity contribution >= 4 is 39.1 Å². The molecule has 0 saturated carbocycles. The van der Waals surface area contributed by atoms with Crippen molar-refractivity contribution < 1.29 is 4.79 Å². The molecule has 1 fully saturated rings. The fraction of sp³-hybridized carbons (Fsp3) is 0.467. The van der Waals surface area contributed by atoms with E-state index in [2.05, 4.69) is 10.2 Å². The first-order chi connectivity index (χ1) is 10.6. The molecule has 0 aliphatic carbocycles. The number of amides is 1.